The van der Waals surface area contributed by atoms with E-state index in [1.165, 1.54) is 0 Å². The fourth-order valence-electron chi connectivity index (χ4n) is 1.93. The lowest BCUT2D eigenvalue weighted by Gasteiger charge is -2.27. The third-order valence-electron chi connectivity index (χ3n) is 2.58. The summed E-state index contributed by atoms with van der Waals surface area (Å²) in [6.07, 6.45) is 2.29. The second-order valence-corrected chi connectivity index (χ2v) is 6.56. The Balaban J connectivity index is 2.59. The van der Waals surface area contributed by atoms with Crippen LogP contribution < -0.4 is 0 Å². The van der Waals surface area contributed by atoms with E-state index < -0.39 is 17.4 Å². The number of carbonyl (C=O) groups excluding carboxylic acids is 1. The Kier molecular flexibility index (Phi) is 3.89. The van der Waals surface area contributed by atoms with Gasteiger partial charge in [0.2, 0.25) is 0 Å². The lowest BCUT2D eigenvalue weighted by molar-refractivity contribution is -0.166. The standard InChI is InChI=1S/C13H24O4/c1-7-8-12(5,6)15-10(14)13(16-17-13)9-11(2,3)4/h7-9H2,1-6H3. The smallest absolute Gasteiger partial charge is 0.373 e. The minimum atomic E-state index is -1.16. The van der Waals surface area contributed by atoms with Crippen LogP contribution in [0.3, 0.4) is 0 Å². The van der Waals surface area contributed by atoms with Gasteiger partial charge in [0.05, 0.1) is 0 Å². The topological polar surface area (TPSA) is 51.4 Å². The summed E-state index contributed by atoms with van der Waals surface area (Å²) in [7, 11) is 0. The van der Waals surface area contributed by atoms with Crippen molar-refractivity contribution in [3.63, 3.8) is 0 Å². The van der Waals surface area contributed by atoms with Gasteiger partial charge in [0.25, 0.3) is 0 Å². The van der Waals surface area contributed by atoms with Gasteiger partial charge in [-0.3, -0.25) is 0 Å². The van der Waals surface area contributed by atoms with Gasteiger partial charge in [-0.2, -0.15) is 9.78 Å². The van der Waals surface area contributed by atoms with Gasteiger partial charge >= 0.3 is 11.8 Å². The molecule has 0 aromatic rings. The number of hydrogen-bond donors (Lipinski definition) is 0. The highest BCUT2D eigenvalue weighted by atomic mass is 17.4. The maximum atomic E-state index is 12.0. The van der Waals surface area contributed by atoms with Crippen molar-refractivity contribution in [2.24, 2.45) is 5.41 Å². The minimum Gasteiger partial charge on any atom is -0.456 e. The Hall–Kier alpha value is -0.610. The first kappa shape index (κ1) is 14.5. The molecule has 0 aromatic heterocycles. The molecule has 1 rings (SSSR count). The van der Waals surface area contributed by atoms with Gasteiger partial charge in [0, 0.05) is 6.42 Å². The van der Waals surface area contributed by atoms with Gasteiger partial charge in [-0.05, 0) is 25.7 Å². The van der Waals surface area contributed by atoms with E-state index in [-0.39, 0.29) is 5.41 Å². The molecule has 0 aromatic carbocycles. The van der Waals surface area contributed by atoms with E-state index in [4.69, 9.17) is 14.5 Å². The fourth-order valence-corrected chi connectivity index (χ4v) is 1.93. The molecule has 4 nitrogen and oxygen atoms in total. The van der Waals surface area contributed by atoms with Crippen LogP contribution in [0, 0.1) is 5.41 Å². The van der Waals surface area contributed by atoms with Crippen molar-refractivity contribution < 1.29 is 19.3 Å². The number of carbonyl (C=O) groups is 1. The van der Waals surface area contributed by atoms with Crippen molar-refractivity contribution in [1.82, 2.24) is 0 Å². The first-order chi connectivity index (χ1) is 7.60. The van der Waals surface area contributed by atoms with E-state index in [9.17, 15) is 4.79 Å². The van der Waals surface area contributed by atoms with Crippen molar-refractivity contribution >= 4 is 5.97 Å². The van der Waals surface area contributed by atoms with Crippen molar-refractivity contribution in [2.75, 3.05) is 0 Å². The zero-order valence-corrected chi connectivity index (χ0v) is 11.8. The summed E-state index contributed by atoms with van der Waals surface area (Å²) in [5.74, 6) is -1.57. The van der Waals surface area contributed by atoms with E-state index >= 15 is 0 Å². The van der Waals surface area contributed by atoms with Gasteiger partial charge in [-0.15, -0.1) is 0 Å². The summed E-state index contributed by atoms with van der Waals surface area (Å²) in [6.45, 7) is 12.0. The Bertz CT molecular complexity index is 284. The Morgan fingerprint density at radius 3 is 2.06 bits per heavy atom. The Morgan fingerprint density at radius 2 is 1.71 bits per heavy atom. The molecular formula is C13H24O4. The molecule has 0 N–H and O–H groups in total. The molecule has 1 heterocycles. The fraction of sp³-hybridized carbons (Fsp3) is 0.923. The van der Waals surface area contributed by atoms with Crippen LogP contribution in [0.15, 0.2) is 0 Å². The van der Waals surface area contributed by atoms with E-state index in [2.05, 4.69) is 6.92 Å². The van der Waals surface area contributed by atoms with Crippen molar-refractivity contribution in [1.29, 1.82) is 0 Å². The van der Waals surface area contributed by atoms with Gasteiger partial charge in [0.15, 0.2) is 0 Å². The molecule has 100 valence electrons. The molecule has 0 unspecified atom stereocenters. The second-order valence-electron chi connectivity index (χ2n) is 6.56. The van der Waals surface area contributed by atoms with Crippen molar-refractivity contribution in [3.05, 3.63) is 0 Å². The molecule has 0 amide bonds. The van der Waals surface area contributed by atoms with E-state index in [0.29, 0.717) is 6.42 Å². The van der Waals surface area contributed by atoms with E-state index in [1.54, 1.807) is 0 Å². The van der Waals surface area contributed by atoms with Gasteiger partial charge in [-0.1, -0.05) is 34.1 Å². The molecule has 0 bridgehead atoms. The highest BCUT2D eigenvalue weighted by Crippen LogP contribution is 2.42. The second kappa shape index (κ2) is 4.58. The molecule has 4 heteroatoms. The summed E-state index contributed by atoms with van der Waals surface area (Å²) in [5.41, 5.74) is -0.517. The SMILES string of the molecule is CCCC(C)(C)OC(=O)C1(CC(C)(C)C)OO1. The third-order valence-corrected chi connectivity index (χ3v) is 2.58. The van der Waals surface area contributed by atoms with Gasteiger partial charge in [0.1, 0.15) is 5.60 Å². The lowest BCUT2D eigenvalue weighted by Crippen LogP contribution is -2.38. The molecule has 1 saturated heterocycles. The number of esters is 1. The molecule has 0 spiro atoms. The number of ether oxygens (including phenoxy) is 1. The summed E-state index contributed by atoms with van der Waals surface area (Å²) in [5, 5.41) is 0. The maximum absolute atomic E-state index is 12.0. The molecular weight excluding hydrogens is 220 g/mol. The number of hydrogen-bond acceptors (Lipinski definition) is 4. The third kappa shape index (κ3) is 4.28. The zero-order valence-electron chi connectivity index (χ0n) is 11.8. The quantitative estimate of drug-likeness (QED) is 0.423. The lowest BCUT2D eigenvalue weighted by atomic mass is 9.88. The first-order valence-corrected chi connectivity index (χ1v) is 6.21. The average Bonchev–Trinajstić information content (AvgIpc) is 2.81. The Morgan fingerprint density at radius 1 is 1.18 bits per heavy atom. The summed E-state index contributed by atoms with van der Waals surface area (Å²) >= 11 is 0. The van der Waals surface area contributed by atoms with Crippen LogP contribution in [0.5, 0.6) is 0 Å². The van der Waals surface area contributed by atoms with Crippen LogP contribution in [-0.4, -0.2) is 17.4 Å². The average molecular weight is 244 g/mol. The van der Waals surface area contributed by atoms with Crippen LogP contribution in [0.1, 0.15) is 60.8 Å². The van der Waals surface area contributed by atoms with Crippen LogP contribution in [0.25, 0.3) is 0 Å². The Labute approximate surface area is 104 Å². The van der Waals surface area contributed by atoms with Crippen molar-refractivity contribution in [2.45, 2.75) is 72.2 Å². The molecule has 1 aliphatic heterocycles. The summed E-state index contributed by atoms with van der Waals surface area (Å²) in [6, 6.07) is 0. The van der Waals surface area contributed by atoms with Crippen LogP contribution in [0.2, 0.25) is 0 Å². The van der Waals surface area contributed by atoms with Crippen LogP contribution >= 0.6 is 0 Å². The predicted octanol–water partition coefficient (Wildman–Crippen LogP) is 3.20. The van der Waals surface area contributed by atoms with Crippen LogP contribution in [-0.2, 0) is 19.3 Å². The minimum absolute atomic E-state index is 0.0512. The van der Waals surface area contributed by atoms with E-state index in [0.717, 1.165) is 12.8 Å². The summed E-state index contributed by atoms with van der Waals surface area (Å²) < 4.78 is 5.46. The van der Waals surface area contributed by atoms with E-state index in [1.807, 2.05) is 34.6 Å². The predicted molar refractivity (Wildman–Crippen MR) is 64.1 cm³/mol. The largest absolute Gasteiger partial charge is 0.456 e. The number of rotatable bonds is 5. The molecule has 17 heavy (non-hydrogen) atoms. The molecule has 0 saturated carbocycles. The van der Waals surface area contributed by atoms with Crippen LogP contribution in [0.4, 0.5) is 0 Å². The summed E-state index contributed by atoms with van der Waals surface area (Å²) in [4.78, 5) is 21.8. The highest BCUT2D eigenvalue weighted by Gasteiger charge is 2.60. The maximum Gasteiger partial charge on any atom is 0.373 e. The molecule has 0 atom stereocenters. The monoisotopic (exact) mass is 244 g/mol. The molecule has 0 aliphatic carbocycles. The molecule has 1 fully saturated rings. The first-order valence-electron chi connectivity index (χ1n) is 6.21. The zero-order chi connectivity index (χ0) is 13.3. The van der Waals surface area contributed by atoms with Gasteiger partial charge < -0.3 is 4.74 Å². The van der Waals surface area contributed by atoms with Crippen molar-refractivity contribution in [3.8, 4) is 0 Å². The highest BCUT2D eigenvalue weighted by molar-refractivity contribution is 5.79. The molecule has 1 aliphatic rings. The normalized spacial score (nSPS) is 18.9. The molecule has 0 radical (unpaired) electrons. The van der Waals surface area contributed by atoms with Gasteiger partial charge in [-0.25, -0.2) is 4.79 Å².